The molecule has 2 amide bonds. The van der Waals surface area contributed by atoms with Gasteiger partial charge in [0.25, 0.3) is 5.91 Å². The van der Waals surface area contributed by atoms with Crippen LogP contribution >= 0.6 is 0 Å². The van der Waals surface area contributed by atoms with Crippen LogP contribution in [0.3, 0.4) is 0 Å². The molecule has 11 heteroatoms. The molecule has 0 saturated carbocycles. The number of aromatic hydroxyl groups is 1. The number of carbonyl (C=O) groups is 2. The van der Waals surface area contributed by atoms with Crippen LogP contribution in [0, 0.1) is 5.82 Å². The lowest BCUT2D eigenvalue weighted by atomic mass is 10.1. The van der Waals surface area contributed by atoms with Crippen molar-refractivity contribution in [3.63, 3.8) is 0 Å². The number of fused-ring (bicyclic) bond motifs is 1. The van der Waals surface area contributed by atoms with Crippen molar-refractivity contribution in [3.05, 3.63) is 30.1 Å². The van der Waals surface area contributed by atoms with E-state index in [1.54, 1.807) is 10.8 Å². The third-order valence-corrected chi connectivity index (χ3v) is 5.55. The van der Waals surface area contributed by atoms with E-state index < -0.39 is 39.9 Å². The molecule has 0 bridgehead atoms. The van der Waals surface area contributed by atoms with Gasteiger partial charge in [-0.25, -0.2) is 13.4 Å². The molecular weight excluding hydrogens is 393 g/mol. The van der Waals surface area contributed by atoms with E-state index in [0.29, 0.717) is 21.9 Å². The molecule has 1 fully saturated rings. The molecule has 3 rings (SSSR count). The molecule has 1 saturated heterocycles. The summed E-state index contributed by atoms with van der Waals surface area (Å²) >= 11 is 0. The van der Waals surface area contributed by atoms with E-state index in [1.165, 1.54) is 25.2 Å². The minimum Gasteiger partial charge on any atom is -0.506 e. The van der Waals surface area contributed by atoms with Crippen LogP contribution < -0.4 is 19.1 Å². The maximum absolute atomic E-state index is 15.1. The minimum absolute atomic E-state index is 0.0196. The quantitative estimate of drug-likeness (QED) is 0.603. The highest BCUT2D eigenvalue weighted by Gasteiger charge is 2.37. The van der Waals surface area contributed by atoms with Crippen LogP contribution in [0.2, 0.25) is 0 Å². The molecule has 1 aliphatic rings. The van der Waals surface area contributed by atoms with E-state index >= 15 is 4.39 Å². The number of ether oxygens (including phenoxy) is 1. The van der Waals surface area contributed by atoms with Crippen LogP contribution in [-0.2, 0) is 19.8 Å². The number of halogens is 1. The maximum Gasteiger partial charge on any atom is 0.326 e. The fourth-order valence-electron chi connectivity index (χ4n) is 2.83. The zero-order chi connectivity index (χ0) is 20.5. The first kappa shape index (κ1) is 19.7. The first-order valence-corrected chi connectivity index (χ1v) is 9.79. The topological polar surface area (TPSA) is 125 Å². The van der Waals surface area contributed by atoms with E-state index in [9.17, 15) is 23.1 Å². The summed E-state index contributed by atoms with van der Waals surface area (Å²) in [5.41, 5.74) is -0.609. The van der Waals surface area contributed by atoms with Crippen molar-refractivity contribution in [1.29, 1.82) is 0 Å². The Bertz CT molecular complexity index is 1060. The summed E-state index contributed by atoms with van der Waals surface area (Å²) in [4.78, 5) is 22.6. The molecule has 0 spiro atoms. The molecule has 1 aliphatic heterocycles. The highest BCUT2D eigenvalue weighted by Crippen LogP contribution is 2.39. The van der Waals surface area contributed by atoms with E-state index in [1.807, 2.05) is 0 Å². The van der Waals surface area contributed by atoms with Gasteiger partial charge in [0.2, 0.25) is 5.91 Å². The molecule has 150 valence electrons. The number of nitrogens with zero attached hydrogens (tertiary/aromatic N) is 1. The van der Waals surface area contributed by atoms with Gasteiger partial charge in [-0.3, -0.25) is 9.59 Å². The van der Waals surface area contributed by atoms with Crippen molar-refractivity contribution in [2.45, 2.75) is 12.8 Å². The predicted molar refractivity (Wildman–Crippen MR) is 98.8 cm³/mol. The van der Waals surface area contributed by atoms with Crippen molar-refractivity contribution in [3.8, 4) is 11.5 Å². The van der Waals surface area contributed by atoms with E-state index in [4.69, 9.17) is 4.74 Å². The molecular formula is C17H18FN3O6S. The van der Waals surface area contributed by atoms with Crippen LogP contribution in [-0.4, -0.2) is 45.5 Å². The minimum atomic E-state index is -4.28. The van der Waals surface area contributed by atoms with Gasteiger partial charge in [0.05, 0.1) is 6.61 Å². The third kappa shape index (κ3) is 3.79. The van der Waals surface area contributed by atoms with Crippen molar-refractivity contribution in [1.82, 2.24) is 10.0 Å². The Morgan fingerprint density at radius 2 is 2.14 bits per heavy atom. The number of nitrogens with one attached hydrogen (secondary N) is 2. The van der Waals surface area contributed by atoms with Gasteiger partial charge >= 0.3 is 10.2 Å². The van der Waals surface area contributed by atoms with Gasteiger partial charge in [-0.05, 0) is 30.0 Å². The molecule has 9 nitrogen and oxygen atoms in total. The second-order valence-electron chi connectivity index (χ2n) is 6.10. The Morgan fingerprint density at radius 1 is 1.39 bits per heavy atom. The highest BCUT2D eigenvalue weighted by atomic mass is 32.2. The summed E-state index contributed by atoms with van der Waals surface area (Å²) in [7, 11) is -2.74. The zero-order valence-corrected chi connectivity index (χ0v) is 15.7. The number of hydrogen-bond donors (Lipinski definition) is 3. The number of rotatable bonds is 6. The number of phenolic OH excluding ortho intramolecular Hbond substituents is 1. The van der Waals surface area contributed by atoms with Gasteiger partial charge in [0.15, 0.2) is 5.82 Å². The lowest BCUT2D eigenvalue weighted by Crippen LogP contribution is -2.30. The van der Waals surface area contributed by atoms with Crippen LogP contribution in [0.1, 0.15) is 12.8 Å². The lowest BCUT2D eigenvalue weighted by Gasteiger charge is -2.18. The van der Waals surface area contributed by atoms with E-state index in [0.717, 1.165) is 0 Å². The average molecular weight is 411 g/mol. The second-order valence-corrected chi connectivity index (χ2v) is 7.70. The van der Waals surface area contributed by atoms with E-state index in [-0.39, 0.29) is 24.3 Å². The third-order valence-electron chi connectivity index (χ3n) is 4.17. The fourth-order valence-corrected chi connectivity index (χ4v) is 3.99. The Kier molecular flexibility index (Phi) is 5.27. The first-order valence-electron chi connectivity index (χ1n) is 8.35. The Balaban J connectivity index is 1.91. The molecule has 1 heterocycles. The van der Waals surface area contributed by atoms with Crippen molar-refractivity contribution in [2.24, 2.45) is 0 Å². The predicted octanol–water partition coefficient (Wildman–Crippen LogP) is 0.770. The Morgan fingerprint density at radius 3 is 2.79 bits per heavy atom. The smallest absolute Gasteiger partial charge is 0.326 e. The van der Waals surface area contributed by atoms with Crippen molar-refractivity contribution < 1.29 is 32.2 Å². The summed E-state index contributed by atoms with van der Waals surface area (Å²) in [6, 6.07) is 5.66. The Hall–Kier alpha value is -3.08. The number of amides is 2. The standard InChI is InChI=1S/C17H18FN3O6S/c1-19-14(23)3-2-6-27-11-5-4-10-7-13(22)17(16(18)12(10)8-11)21-9-15(24)20-28(21,25)26/h4-5,7-8,22H,2-3,6,9H2,1H3,(H,19,23)(H,20,24). The largest absolute Gasteiger partial charge is 0.506 e. The molecule has 2 aromatic rings. The summed E-state index contributed by atoms with van der Waals surface area (Å²) in [5, 5.41) is 13.0. The van der Waals surface area contributed by atoms with Gasteiger partial charge in [0.1, 0.15) is 23.7 Å². The number of phenols is 1. The first-order chi connectivity index (χ1) is 13.2. The molecule has 28 heavy (non-hydrogen) atoms. The summed E-state index contributed by atoms with van der Waals surface area (Å²) in [6.45, 7) is -0.404. The highest BCUT2D eigenvalue weighted by molar-refractivity contribution is 7.92. The molecule has 0 aromatic heterocycles. The van der Waals surface area contributed by atoms with Crippen LogP contribution in [0.15, 0.2) is 24.3 Å². The van der Waals surface area contributed by atoms with Gasteiger partial charge < -0.3 is 15.2 Å². The molecule has 0 radical (unpaired) electrons. The molecule has 3 N–H and O–H groups in total. The fraction of sp³-hybridized carbons (Fsp3) is 0.294. The average Bonchev–Trinajstić information content (AvgIpc) is 2.91. The SMILES string of the molecule is CNC(=O)CCCOc1ccc2cc(O)c(N3CC(=O)NS3(=O)=O)c(F)c2c1. The number of carbonyl (C=O) groups excluding carboxylic acids is 2. The van der Waals surface area contributed by atoms with Gasteiger partial charge in [-0.1, -0.05) is 6.07 Å². The van der Waals surface area contributed by atoms with Crippen LogP contribution in [0.25, 0.3) is 10.8 Å². The molecule has 0 aliphatic carbocycles. The molecule has 0 atom stereocenters. The van der Waals surface area contributed by atoms with Gasteiger partial charge in [-0.2, -0.15) is 8.42 Å². The monoisotopic (exact) mass is 411 g/mol. The van der Waals surface area contributed by atoms with Gasteiger partial charge in [-0.15, -0.1) is 0 Å². The normalized spacial score (nSPS) is 15.5. The number of anilines is 1. The van der Waals surface area contributed by atoms with E-state index in [2.05, 4.69) is 5.32 Å². The number of hydrogen-bond acceptors (Lipinski definition) is 6. The van der Waals surface area contributed by atoms with Crippen molar-refractivity contribution >= 4 is 38.5 Å². The lowest BCUT2D eigenvalue weighted by molar-refractivity contribution is -0.121. The summed E-state index contributed by atoms with van der Waals surface area (Å²) < 4.78 is 46.8. The summed E-state index contributed by atoms with van der Waals surface area (Å²) in [6.07, 6.45) is 0.741. The number of benzene rings is 2. The second kappa shape index (κ2) is 7.50. The van der Waals surface area contributed by atoms with Crippen LogP contribution in [0.4, 0.5) is 10.1 Å². The van der Waals surface area contributed by atoms with Crippen molar-refractivity contribution in [2.75, 3.05) is 24.5 Å². The zero-order valence-electron chi connectivity index (χ0n) is 14.9. The molecule has 0 unspecified atom stereocenters. The van der Waals surface area contributed by atoms with Crippen LogP contribution in [0.5, 0.6) is 11.5 Å². The molecule has 2 aromatic carbocycles. The maximum atomic E-state index is 15.1. The van der Waals surface area contributed by atoms with Gasteiger partial charge in [0, 0.05) is 18.9 Å². The summed E-state index contributed by atoms with van der Waals surface area (Å²) in [5.74, 6) is -2.23. The Labute approximate surface area is 160 Å².